The summed E-state index contributed by atoms with van der Waals surface area (Å²) in [5.41, 5.74) is 1.68. The van der Waals surface area contributed by atoms with Crippen LogP contribution in [0.3, 0.4) is 0 Å². The molecule has 1 atom stereocenters. The summed E-state index contributed by atoms with van der Waals surface area (Å²) in [7, 11) is 0. The van der Waals surface area contributed by atoms with Gasteiger partial charge in [0, 0.05) is 16.6 Å². The monoisotopic (exact) mass is 411 g/mol. The molecule has 26 heavy (non-hydrogen) atoms. The molecule has 1 fully saturated rings. The van der Waals surface area contributed by atoms with Crippen LogP contribution in [0.1, 0.15) is 24.0 Å². The molecule has 2 aromatic rings. The molecule has 132 valence electrons. The molecule has 1 aliphatic rings. The molecule has 1 heterocycles. The Morgan fingerprint density at radius 3 is 2.58 bits per heavy atom. The van der Waals surface area contributed by atoms with Gasteiger partial charge in [-0.05, 0) is 48.6 Å². The summed E-state index contributed by atoms with van der Waals surface area (Å²) in [4.78, 5) is 26.3. The molecule has 4 nitrogen and oxygen atoms in total. The third kappa shape index (κ3) is 4.74. The Morgan fingerprint density at radius 1 is 1.12 bits per heavy atom. The largest absolute Gasteiger partial charge is 0.445 e. The van der Waals surface area contributed by atoms with Gasteiger partial charge in [0.15, 0.2) is 0 Å². The first-order valence-corrected chi connectivity index (χ1v) is 9.21. The van der Waals surface area contributed by atoms with E-state index in [1.807, 2.05) is 54.6 Å². The second-order valence-corrected chi connectivity index (χ2v) is 6.93. The van der Waals surface area contributed by atoms with E-state index in [9.17, 15) is 9.59 Å². The van der Waals surface area contributed by atoms with E-state index in [0.29, 0.717) is 13.0 Å². The number of carbonyl (C=O) groups is 2. The first-order valence-electron chi connectivity index (χ1n) is 8.42. The van der Waals surface area contributed by atoms with Gasteiger partial charge in [-0.15, -0.1) is 0 Å². The highest BCUT2D eigenvalue weighted by atomic mass is 79.9. The van der Waals surface area contributed by atoms with Gasteiger partial charge in [0.25, 0.3) is 0 Å². The smallest absolute Gasteiger partial charge is 0.410 e. The van der Waals surface area contributed by atoms with Crippen LogP contribution in [0, 0.1) is 11.8 Å². The number of halogens is 1. The molecule has 1 aliphatic heterocycles. The number of likely N-dealkylation sites (tertiary alicyclic amines) is 1. The molecule has 2 aromatic carbocycles. The number of hydrogen-bond acceptors (Lipinski definition) is 3. The zero-order valence-corrected chi connectivity index (χ0v) is 15.7. The highest BCUT2D eigenvalue weighted by Gasteiger charge is 2.34. The maximum Gasteiger partial charge on any atom is 0.410 e. The number of carbonyl (C=O) groups excluding carboxylic acids is 2. The van der Waals surface area contributed by atoms with Gasteiger partial charge in [-0.2, -0.15) is 0 Å². The zero-order valence-electron chi connectivity index (χ0n) is 14.2. The number of ether oxygens (including phenoxy) is 1. The summed E-state index contributed by atoms with van der Waals surface area (Å²) >= 11 is 3.36. The third-order valence-electron chi connectivity index (χ3n) is 4.17. The van der Waals surface area contributed by atoms with Gasteiger partial charge >= 0.3 is 6.09 Å². The van der Waals surface area contributed by atoms with Crippen LogP contribution in [-0.4, -0.2) is 29.4 Å². The molecular weight excluding hydrogens is 394 g/mol. The van der Waals surface area contributed by atoms with Crippen LogP contribution in [0.2, 0.25) is 0 Å². The lowest BCUT2D eigenvalue weighted by molar-refractivity contribution is -0.117. The molecule has 1 amide bonds. The Bertz CT molecular complexity index is 837. The lowest BCUT2D eigenvalue weighted by atomic mass is 10.1. The number of rotatable bonds is 3. The molecule has 0 aliphatic carbocycles. The number of benzene rings is 2. The standard InChI is InChI=1S/C21H18BrNO3/c22-18-11-8-16(9-12-18)10-13-20(24)19-7-4-14-23(19)21(25)26-15-17-5-2-1-3-6-17/h1-3,5-6,8-9,11-12,19H,4,7,14-15H2/t19-/m0/s1. The van der Waals surface area contributed by atoms with Gasteiger partial charge in [0.2, 0.25) is 5.78 Å². The minimum atomic E-state index is -0.527. The van der Waals surface area contributed by atoms with E-state index < -0.39 is 12.1 Å². The number of nitrogens with zero attached hydrogens (tertiary/aromatic N) is 1. The summed E-state index contributed by atoms with van der Waals surface area (Å²) in [6, 6.07) is 16.4. The van der Waals surface area contributed by atoms with Crippen molar-refractivity contribution in [1.29, 1.82) is 0 Å². The highest BCUT2D eigenvalue weighted by Crippen LogP contribution is 2.19. The normalized spacial score (nSPS) is 15.9. The number of amides is 1. The van der Waals surface area contributed by atoms with Crippen molar-refractivity contribution in [1.82, 2.24) is 4.90 Å². The maximum atomic E-state index is 12.4. The summed E-state index contributed by atoms with van der Waals surface area (Å²) in [6.07, 6.45) is 0.931. The Labute approximate surface area is 161 Å². The van der Waals surface area contributed by atoms with Crippen molar-refractivity contribution in [2.45, 2.75) is 25.5 Å². The molecule has 0 aromatic heterocycles. The van der Waals surface area contributed by atoms with Crippen molar-refractivity contribution in [3.8, 4) is 11.8 Å². The maximum absolute atomic E-state index is 12.4. The van der Waals surface area contributed by atoms with Crippen LogP contribution >= 0.6 is 15.9 Å². The Morgan fingerprint density at radius 2 is 1.85 bits per heavy atom. The quantitative estimate of drug-likeness (QED) is 0.711. The number of hydrogen-bond donors (Lipinski definition) is 0. The van der Waals surface area contributed by atoms with E-state index in [4.69, 9.17) is 4.74 Å². The summed E-state index contributed by atoms with van der Waals surface area (Å²) in [5, 5.41) is 0. The SMILES string of the molecule is O=C(C#Cc1ccc(Br)cc1)[C@@H]1CCCN1C(=O)OCc1ccccc1. The summed E-state index contributed by atoms with van der Waals surface area (Å²) in [5.74, 6) is 5.28. The minimum Gasteiger partial charge on any atom is -0.445 e. The van der Waals surface area contributed by atoms with E-state index in [1.165, 1.54) is 4.90 Å². The lowest BCUT2D eigenvalue weighted by Crippen LogP contribution is -2.40. The average Bonchev–Trinajstić information content (AvgIpc) is 3.16. The van der Waals surface area contributed by atoms with Crippen LogP contribution in [0.15, 0.2) is 59.1 Å². The van der Waals surface area contributed by atoms with E-state index >= 15 is 0 Å². The molecule has 0 bridgehead atoms. The minimum absolute atomic E-state index is 0.196. The van der Waals surface area contributed by atoms with Crippen molar-refractivity contribution < 1.29 is 14.3 Å². The molecule has 1 saturated heterocycles. The molecule has 3 rings (SSSR count). The predicted octanol–water partition coefficient (Wildman–Crippen LogP) is 4.17. The van der Waals surface area contributed by atoms with Crippen molar-refractivity contribution >= 4 is 27.8 Å². The molecule has 5 heteroatoms. The Balaban J connectivity index is 1.61. The number of Topliss-reactive ketones (excluding diaryl/α,β-unsaturated/α-hetero) is 1. The van der Waals surface area contributed by atoms with Gasteiger partial charge in [0.1, 0.15) is 12.6 Å². The van der Waals surface area contributed by atoms with E-state index in [2.05, 4.69) is 27.8 Å². The van der Waals surface area contributed by atoms with Gasteiger partial charge in [-0.1, -0.05) is 52.2 Å². The summed E-state index contributed by atoms with van der Waals surface area (Å²) in [6.45, 7) is 0.714. The van der Waals surface area contributed by atoms with Gasteiger partial charge in [-0.3, -0.25) is 9.69 Å². The number of ketones is 1. The van der Waals surface area contributed by atoms with E-state index in [0.717, 1.165) is 22.0 Å². The summed E-state index contributed by atoms with van der Waals surface area (Å²) < 4.78 is 6.31. The van der Waals surface area contributed by atoms with Gasteiger partial charge in [-0.25, -0.2) is 4.79 Å². The second-order valence-electron chi connectivity index (χ2n) is 6.01. The van der Waals surface area contributed by atoms with Crippen LogP contribution in [0.4, 0.5) is 4.79 Å². The van der Waals surface area contributed by atoms with E-state index in [1.54, 1.807) is 0 Å². The van der Waals surface area contributed by atoms with Crippen LogP contribution < -0.4 is 0 Å². The molecule has 0 saturated carbocycles. The fourth-order valence-electron chi connectivity index (χ4n) is 2.81. The first-order chi connectivity index (χ1) is 12.6. The van der Waals surface area contributed by atoms with Crippen molar-refractivity contribution in [2.24, 2.45) is 0 Å². The lowest BCUT2D eigenvalue weighted by Gasteiger charge is -2.21. The van der Waals surface area contributed by atoms with Gasteiger partial charge < -0.3 is 4.74 Å². The zero-order chi connectivity index (χ0) is 18.4. The Hall–Kier alpha value is -2.58. The predicted molar refractivity (Wildman–Crippen MR) is 102 cm³/mol. The van der Waals surface area contributed by atoms with E-state index in [-0.39, 0.29) is 12.4 Å². The second kappa shape index (κ2) is 8.68. The average molecular weight is 412 g/mol. The fourth-order valence-corrected chi connectivity index (χ4v) is 3.07. The highest BCUT2D eigenvalue weighted by molar-refractivity contribution is 9.10. The molecular formula is C21H18BrNO3. The molecule has 0 radical (unpaired) electrons. The van der Waals surface area contributed by atoms with Gasteiger partial charge in [0.05, 0.1) is 0 Å². The van der Waals surface area contributed by atoms with Crippen molar-refractivity contribution in [3.63, 3.8) is 0 Å². The van der Waals surface area contributed by atoms with Crippen LogP contribution in [0.25, 0.3) is 0 Å². The van der Waals surface area contributed by atoms with Crippen molar-refractivity contribution in [3.05, 3.63) is 70.2 Å². The third-order valence-corrected chi connectivity index (χ3v) is 4.70. The van der Waals surface area contributed by atoms with Crippen LogP contribution in [-0.2, 0) is 16.1 Å². The fraction of sp³-hybridized carbons (Fsp3) is 0.238. The van der Waals surface area contributed by atoms with Crippen molar-refractivity contribution in [2.75, 3.05) is 6.54 Å². The molecule has 0 N–H and O–H groups in total. The molecule has 0 unspecified atom stereocenters. The Kier molecular flexibility index (Phi) is 6.08. The molecule has 0 spiro atoms. The van der Waals surface area contributed by atoms with Crippen LogP contribution in [0.5, 0.6) is 0 Å². The topological polar surface area (TPSA) is 46.6 Å². The first kappa shape index (κ1) is 18.2.